The lowest BCUT2D eigenvalue weighted by molar-refractivity contribution is -0.134. The molecule has 4 aromatic carbocycles. The van der Waals surface area contributed by atoms with Crippen molar-refractivity contribution in [3.05, 3.63) is 120 Å². The van der Waals surface area contributed by atoms with Crippen LogP contribution in [0, 0.1) is 0 Å². The van der Waals surface area contributed by atoms with Gasteiger partial charge in [-0.25, -0.2) is 4.79 Å². The third kappa shape index (κ3) is 3.94. The van der Waals surface area contributed by atoms with Crippen molar-refractivity contribution in [2.45, 2.75) is 0 Å². The van der Waals surface area contributed by atoms with E-state index in [-0.39, 0.29) is 5.78 Å². The molecule has 0 unspecified atom stereocenters. The van der Waals surface area contributed by atoms with Crippen LogP contribution in [0.25, 0.3) is 33.4 Å². The highest BCUT2D eigenvalue weighted by molar-refractivity contribution is 6.17. The lowest BCUT2D eigenvalue weighted by atomic mass is 9.99. The maximum atomic E-state index is 13.7. The highest BCUT2D eigenvalue weighted by Crippen LogP contribution is 2.29. The van der Waals surface area contributed by atoms with E-state index in [0.717, 1.165) is 32.9 Å². The Hall–Kier alpha value is -4.44. The topological polar surface area (TPSA) is 48.3 Å². The molecule has 5 rings (SSSR count). The van der Waals surface area contributed by atoms with Crippen LogP contribution in [0.3, 0.4) is 0 Å². The first kappa shape index (κ1) is 20.5. The van der Waals surface area contributed by atoms with E-state index >= 15 is 0 Å². The van der Waals surface area contributed by atoms with Crippen molar-refractivity contribution >= 4 is 39.5 Å². The second kappa shape index (κ2) is 8.60. The van der Waals surface area contributed by atoms with Crippen molar-refractivity contribution in [1.29, 1.82) is 0 Å². The first-order chi connectivity index (χ1) is 16.1. The fourth-order valence-corrected chi connectivity index (χ4v) is 4.05. The molecule has 0 atom stereocenters. The molecule has 4 heteroatoms. The molecule has 5 aromatic rings. The standard InChI is InChI=1S/C29H21NO3/c1-33-28(31)16-12-20-11-15-27-25(17-20)26(19-30(27)24-9-3-2-4-10-24)29(32)23-14-13-21-7-5-6-8-22(21)18-23/h2-19H,1H3. The number of carbonyl (C=O) groups is 2. The van der Waals surface area contributed by atoms with Gasteiger partial charge in [0.05, 0.1) is 12.6 Å². The van der Waals surface area contributed by atoms with Crippen LogP contribution in [0.2, 0.25) is 0 Å². The van der Waals surface area contributed by atoms with Crippen LogP contribution < -0.4 is 0 Å². The van der Waals surface area contributed by atoms with Crippen LogP contribution >= 0.6 is 0 Å². The number of benzene rings is 4. The minimum atomic E-state index is -0.426. The van der Waals surface area contributed by atoms with Crippen LogP contribution in [-0.4, -0.2) is 23.4 Å². The number of ketones is 1. The number of esters is 1. The summed E-state index contributed by atoms with van der Waals surface area (Å²) in [6, 6.07) is 29.5. The molecule has 0 saturated heterocycles. The molecule has 0 aliphatic heterocycles. The minimum Gasteiger partial charge on any atom is -0.466 e. The van der Waals surface area contributed by atoms with E-state index in [2.05, 4.69) is 0 Å². The van der Waals surface area contributed by atoms with Crippen molar-refractivity contribution in [2.24, 2.45) is 0 Å². The summed E-state index contributed by atoms with van der Waals surface area (Å²) in [4.78, 5) is 25.2. The van der Waals surface area contributed by atoms with Gasteiger partial charge >= 0.3 is 5.97 Å². The van der Waals surface area contributed by atoms with Gasteiger partial charge in [-0.1, -0.05) is 60.7 Å². The summed E-state index contributed by atoms with van der Waals surface area (Å²) in [5.41, 5.74) is 3.94. The Morgan fingerprint density at radius 2 is 1.58 bits per heavy atom. The average Bonchev–Trinajstić information content (AvgIpc) is 3.26. The van der Waals surface area contributed by atoms with Crippen LogP contribution in [0.5, 0.6) is 0 Å². The first-order valence-electron chi connectivity index (χ1n) is 10.6. The largest absolute Gasteiger partial charge is 0.466 e. The van der Waals surface area contributed by atoms with Crippen LogP contribution in [-0.2, 0) is 9.53 Å². The molecule has 0 aliphatic carbocycles. The van der Waals surface area contributed by atoms with Crippen molar-refractivity contribution in [1.82, 2.24) is 4.57 Å². The zero-order valence-corrected chi connectivity index (χ0v) is 18.1. The maximum Gasteiger partial charge on any atom is 0.330 e. The molecule has 0 amide bonds. The zero-order chi connectivity index (χ0) is 22.8. The van der Waals surface area contributed by atoms with Gasteiger partial charge in [-0.2, -0.15) is 0 Å². The summed E-state index contributed by atoms with van der Waals surface area (Å²) < 4.78 is 6.72. The van der Waals surface area contributed by atoms with E-state index in [1.54, 1.807) is 6.08 Å². The van der Waals surface area contributed by atoms with Gasteiger partial charge in [-0.3, -0.25) is 4.79 Å². The summed E-state index contributed by atoms with van der Waals surface area (Å²) >= 11 is 0. The number of methoxy groups -OCH3 is 1. The minimum absolute atomic E-state index is 0.0467. The molecule has 4 nitrogen and oxygen atoms in total. The first-order valence-corrected chi connectivity index (χ1v) is 10.6. The SMILES string of the molecule is COC(=O)C=Cc1ccc2c(c1)c(C(=O)c1ccc3ccccc3c1)cn2-c1ccccc1. The highest BCUT2D eigenvalue weighted by atomic mass is 16.5. The Morgan fingerprint density at radius 3 is 2.36 bits per heavy atom. The summed E-state index contributed by atoms with van der Waals surface area (Å²) in [6.45, 7) is 0. The van der Waals surface area contributed by atoms with Crippen LogP contribution in [0.4, 0.5) is 0 Å². The molecule has 1 aromatic heterocycles. The highest BCUT2D eigenvalue weighted by Gasteiger charge is 2.18. The maximum absolute atomic E-state index is 13.7. The molecule has 0 bridgehead atoms. The van der Waals surface area contributed by atoms with Crippen LogP contribution in [0.15, 0.2) is 103 Å². The summed E-state index contributed by atoms with van der Waals surface area (Å²) in [7, 11) is 1.34. The predicted molar refractivity (Wildman–Crippen MR) is 132 cm³/mol. The molecule has 1 heterocycles. The molecule has 0 fully saturated rings. The number of nitrogens with zero attached hydrogens (tertiary/aromatic N) is 1. The van der Waals surface area contributed by atoms with Gasteiger partial charge in [-0.05, 0) is 52.7 Å². The van der Waals surface area contributed by atoms with Gasteiger partial charge in [-0.15, -0.1) is 0 Å². The average molecular weight is 431 g/mol. The number of hydrogen-bond donors (Lipinski definition) is 0. The molecular weight excluding hydrogens is 410 g/mol. The molecule has 160 valence electrons. The number of para-hydroxylation sites is 1. The van der Waals surface area contributed by atoms with E-state index in [1.165, 1.54) is 13.2 Å². The number of hydrogen-bond acceptors (Lipinski definition) is 3. The van der Waals surface area contributed by atoms with Gasteiger partial charge < -0.3 is 9.30 Å². The van der Waals surface area contributed by atoms with E-state index in [0.29, 0.717) is 11.1 Å². The van der Waals surface area contributed by atoms with Gasteiger partial charge in [0.15, 0.2) is 5.78 Å². The summed E-state index contributed by atoms with van der Waals surface area (Å²) in [5, 5.41) is 2.94. The number of ether oxygens (including phenoxy) is 1. The fourth-order valence-electron chi connectivity index (χ4n) is 4.05. The Labute approximate surface area is 191 Å². The molecule has 0 spiro atoms. The van der Waals surface area contributed by atoms with E-state index < -0.39 is 5.97 Å². The number of aromatic nitrogens is 1. The van der Waals surface area contributed by atoms with E-state index in [4.69, 9.17) is 4.74 Å². The van der Waals surface area contributed by atoms with E-state index in [1.807, 2.05) is 102 Å². The number of rotatable bonds is 5. The lowest BCUT2D eigenvalue weighted by Gasteiger charge is -2.05. The number of carbonyl (C=O) groups excluding carboxylic acids is 2. The third-order valence-corrected chi connectivity index (χ3v) is 5.73. The summed E-state index contributed by atoms with van der Waals surface area (Å²) in [6.07, 6.45) is 4.96. The zero-order valence-electron chi connectivity index (χ0n) is 18.1. The Bertz CT molecular complexity index is 1530. The van der Waals surface area contributed by atoms with E-state index in [9.17, 15) is 9.59 Å². The van der Waals surface area contributed by atoms with Gasteiger partial charge in [0.1, 0.15) is 0 Å². The Morgan fingerprint density at radius 1 is 0.818 bits per heavy atom. The monoisotopic (exact) mass is 431 g/mol. The molecule has 0 N–H and O–H groups in total. The molecule has 0 aliphatic rings. The fraction of sp³-hybridized carbons (Fsp3) is 0.0345. The van der Waals surface area contributed by atoms with Crippen molar-refractivity contribution < 1.29 is 14.3 Å². The van der Waals surface area contributed by atoms with Gasteiger partial charge in [0, 0.05) is 34.5 Å². The summed E-state index contributed by atoms with van der Waals surface area (Å²) in [5.74, 6) is -0.473. The van der Waals surface area contributed by atoms with Gasteiger partial charge in [0.25, 0.3) is 0 Å². The van der Waals surface area contributed by atoms with Crippen LogP contribution in [0.1, 0.15) is 21.5 Å². The molecule has 0 saturated carbocycles. The quantitative estimate of drug-likeness (QED) is 0.189. The molecule has 33 heavy (non-hydrogen) atoms. The van der Waals surface area contributed by atoms with Crippen molar-refractivity contribution in [2.75, 3.05) is 7.11 Å². The Balaban J connectivity index is 1.67. The lowest BCUT2D eigenvalue weighted by Crippen LogP contribution is -2.00. The second-order valence-electron chi connectivity index (χ2n) is 7.77. The molecular formula is C29H21NO3. The smallest absolute Gasteiger partial charge is 0.330 e. The van der Waals surface area contributed by atoms with Gasteiger partial charge in [0.2, 0.25) is 0 Å². The van der Waals surface area contributed by atoms with Crippen molar-refractivity contribution in [3.8, 4) is 5.69 Å². The molecule has 0 radical (unpaired) electrons. The number of fused-ring (bicyclic) bond motifs is 2. The second-order valence-corrected chi connectivity index (χ2v) is 7.77. The third-order valence-electron chi connectivity index (χ3n) is 5.73. The normalized spacial score (nSPS) is 11.3. The Kier molecular flexibility index (Phi) is 5.33. The van der Waals surface area contributed by atoms with Crippen molar-refractivity contribution in [3.63, 3.8) is 0 Å². The predicted octanol–water partition coefficient (Wildman–Crippen LogP) is 6.20.